The van der Waals surface area contributed by atoms with Gasteiger partial charge in [0, 0.05) is 18.6 Å². The lowest BCUT2D eigenvalue weighted by Gasteiger charge is -2.22. The minimum Gasteiger partial charge on any atom is -0.496 e. The molecule has 0 amide bonds. The first kappa shape index (κ1) is 16.0. The van der Waals surface area contributed by atoms with Crippen molar-refractivity contribution in [3.05, 3.63) is 29.3 Å². The number of hydrogen-bond donors (Lipinski definition) is 2. The maximum Gasteiger partial charge on any atom is 0.122 e. The molecule has 0 bridgehead atoms. The Morgan fingerprint density at radius 2 is 2.05 bits per heavy atom. The molecule has 0 saturated heterocycles. The van der Waals surface area contributed by atoms with Crippen molar-refractivity contribution in [1.29, 1.82) is 0 Å². The lowest BCUT2D eigenvalue weighted by molar-refractivity contribution is 0.157. The van der Waals surface area contributed by atoms with Crippen LogP contribution in [0.25, 0.3) is 0 Å². The first-order valence-electron chi connectivity index (χ1n) is 7.00. The van der Waals surface area contributed by atoms with Gasteiger partial charge in [0.05, 0.1) is 7.11 Å². The molecule has 108 valence electrons. The number of nitrogens with one attached hydrogen (secondary N) is 1. The minimum absolute atomic E-state index is 0.0602. The minimum atomic E-state index is -0.0602. The molecule has 0 aliphatic carbocycles. The van der Waals surface area contributed by atoms with Crippen LogP contribution in [0, 0.1) is 5.41 Å². The first-order valence-corrected chi connectivity index (χ1v) is 7.00. The van der Waals surface area contributed by atoms with Crippen LogP contribution in [-0.2, 0) is 12.8 Å². The van der Waals surface area contributed by atoms with E-state index in [0.29, 0.717) is 0 Å². The first-order chi connectivity index (χ1) is 9.02. The quantitative estimate of drug-likeness (QED) is 0.709. The Labute approximate surface area is 117 Å². The molecule has 0 radical (unpaired) electrons. The molecule has 0 aliphatic heterocycles. The van der Waals surface area contributed by atoms with Crippen molar-refractivity contribution in [2.75, 3.05) is 26.8 Å². The van der Waals surface area contributed by atoms with E-state index < -0.39 is 0 Å². The molecule has 0 saturated carbocycles. The molecule has 0 aromatic heterocycles. The number of methoxy groups -OCH3 is 1. The van der Waals surface area contributed by atoms with Crippen molar-refractivity contribution in [1.82, 2.24) is 5.32 Å². The molecule has 0 aliphatic rings. The maximum atomic E-state index is 9.20. The van der Waals surface area contributed by atoms with Crippen molar-refractivity contribution in [3.63, 3.8) is 0 Å². The number of rotatable bonds is 8. The smallest absolute Gasteiger partial charge is 0.122 e. The predicted octanol–water partition coefficient (Wildman–Crippen LogP) is 2.41. The van der Waals surface area contributed by atoms with Crippen LogP contribution >= 0.6 is 0 Å². The van der Waals surface area contributed by atoms with E-state index in [9.17, 15) is 5.11 Å². The fourth-order valence-corrected chi connectivity index (χ4v) is 1.95. The fourth-order valence-electron chi connectivity index (χ4n) is 1.95. The number of benzene rings is 1. The lowest BCUT2D eigenvalue weighted by atomic mass is 9.95. The van der Waals surface area contributed by atoms with Crippen LogP contribution in [0.4, 0.5) is 0 Å². The molecule has 0 atom stereocenters. The van der Waals surface area contributed by atoms with Crippen LogP contribution in [0.1, 0.15) is 31.9 Å². The van der Waals surface area contributed by atoms with E-state index in [1.54, 1.807) is 7.11 Å². The second-order valence-electron chi connectivity index (χ2n) is 5.75. The van der Waals surface area contributed by atoms with Crippen molar-refractivity contribution in [2.24, 2.45) is 5.41 Å². The van der Waals surface area contributed by atoms with Crippen molar-refractivity contribution >= 4 is 0 Å². The summed E-state index contributed by atoms with van der Waals surface area (Å²) in [6, 6.07) is 6.38. The highest BCUT2D eigenvalue weighted by Crippen LogP contribution is 2.20. The van der Waals surface area contributed by atoms with Gasteiger partial charge in [0.15, 0.2) is 0 Å². The summed E-state index contributed by atoms with van der Waals surface area (Å²) in [5.41, 5.74) is 2.53. The Hall–Kier alpha value is -1.06. The molecule has 0 spiro atoms. The zero-order valence-electron chi connectivity index (χ0n) is 12.6. The van der Waals surface area contributed by atoms with Gasteiger partial charge in [-0.2, -0.15) is 0 Å². The normalized spacial score (nSPS) is 11.6. The highest BCUT2D eigenvalue weighted by Gasteiger charge is 2.15. The number of hydrogen-bond acceptors (Lipinski definition) is 3. The molecular weight excluding hydrogens is 238 g/mol. The van der Waals surface area contributed by atoms with Crippen LogP contribution in [0.5, 0.6) is 5.75 Å². The molecule has 2 N–H and O–H groups in total. The zero-order valence-corrected chi connectivity index (χ0v) is 12.6. The second-order valence-corrected chi connectivity index (χ2v) is 5.75. The lowest BCUT2D eigenvalue weighted by Crippen LogP contribution is -2.33. The molecule has 0 fully saturated rings. The van der Waals surface area contributed by atoms with Crippen molar-refractivity contribution in [3.8, 4) is 5.75 Å². The van der Waals surface area contributed by atoms with E-state index in [1.165, 1.54) is 11.1 Å². The van der Waals surface area contributed by atoms with Gasteiger partial charge in [-0.25, -0.2) is 0 Å². The molecule has 1 aromatic rings. The maximum absolute atomic E-state index is 9.20. The van der Waals surface area contributed by atoms with Gasteiger partial charge in [0.2, 0.25) is 0 Å². The summed E-state index contributed by atoms with van der Waals surface area (Å²) in [6.07, 6.45) is 1.99. The second kappa shape index (κ2) is 7.51. The molecular formula is C16H27NO2. The van der Waals surface area contributed by atoms with Gasteiger partial charge in [-0.05, 0) is 36.6 Å². The summed E-state index contributed by atoms with van der Waals surface area (Å²) in [7, 11) is 1.72. The Morgan fingerprint density at radius 1 is 1.32 bits per heavy atom. The highest BCUT2D eigenvalue weighted by atomic mass is 16.5. The van der Waals surface area contributed by atoms with Crippen LogP contribution in [-0.4, -0.2) is 31.9 Å². The van der Waals surface area contributed by atoms with E-state index in [0.717, 1.165) is 31.7 Å². The van der Waals surface area contributed by atoms with E-state index in [2.05, 4.69) is 38.2 Å². The highest BCUT2D eigenvalue weighted by molar-refractivity contribution is 5.37. The van der Waals surface area contributed by atoms with E-state index in [-0.39, 0.29) is 12.0 Å². The topological polar surface area (TPSA) is 41.5 Å². The van der Waals surface area contributed by atoms with Gasteiger partial charge in [0.1, 0.15) is 5.75 Å². The predicted molar refractivity (Wildman–Crippen MR) is 79.8 cm³/mol. The average Bonchev–Trinajstić information content (AvgIpc) is 2.43. The van der Waals surface area contributed by atoms with Crippen LogP contribution in [0.2, 0.25) is 0 Å². The monoisotopic (exact) mass is 265 g/mol. The van der Waals surface area contributed by atoms with Gasteiger partial charge in [0.25, 0.3) is 0 Å². The largest absolute Gasteiger partial charge is 0.496 e. The SMILES string of the molecule is CCc1ccc(OC)c(CCNCC(C)(C)CO)c1. The molecule has 0 unspecified atom stereocenters. The summed E-state index contributed by atoms with van der Waals surface area (Å²) in [5.74, 6) is 0.959. The third-order valence-corrected chi connectivity index (χ3v) is 3.36. The van der Waals surface area contributed by atoms with Crippen LogP contribution in [0.3, 0.4) is 0 Å². The Bertz CT molecular complexity index is 388. The summed E-state index contributed by atoms with van der Waals surface area (Å²) in [5, 5.41) is 12.6. The summed E-state index contributed by atoms with van der Waals surface area (Å²) < 4.78 is 5.40. The molecule has 0 heterocycles. The van der Waals surface area contributed by atoms with E-state index in [1.807, 2.05) is 6.07 Å². The molecule has 1 aromatic carbocycles. The van der Waals surface area contributed by atoms with E-state index >= 15 is 0 Å². The standard InChI is InChI=1S/C16H27NO2/c1-5-13-6-7-15(19-4)14(10-13)8-9-17-11-16(2,3)12-18/h6-7,10,17-18H,5,8-9,11-12H2,1-4H3. The van der Waals surface area contributed by atoms with Gasteiger partial charge >= 0.3 is 0 Å². The number of ether oxygens (including phenoxy) is 1. The molecule has 3 nitrogen and oxygen atoms in total. The van der Waals surface area contributed by atoms with Gasteiger partial charge in [-0.15, -0.1) is 0 Å². The van der Waals surface area contributed by atoms with Gasteiger partial charge in [-0.1, -0.05) is 32.9 Å². The van der Waals surface area contributed by atoms with Gasteiger partial charge < -0.3 is 15.2 Å². The van der Waals surface area contributed by atoms with Crippen molar-refractivity contribution in [2.45, 2.75) is 33.6 Å². The van der Waals surface area contributed by atoms with Crippen LogP contribution < -0.4 is 10.1 Å². The average molecular weight is 265 g/mol. The third-order valence-electron chi connectivity index (χ3n) is 3.36. The van der Waals surface area contributed by atoms with Gasteiger partial charge in [-0.3, -0.25) is 0 Å². The zero-order chi connectivity index (χ0) is 14.3. The number of aryl methyl sites for hydroxylation is 1. The molecule has 3 heteroatoms. The fraction of sp³-hybridized carbons (Fsp3) is 0.625. The van der Waals surface area contributed by atoms with E-state index in [4.69, 9.17) is 4.74 Å². The Balaban J connectivity index is 2.52. The van der Waals surface area contributed by atoms with Crippen molar-refractivity contribution < 1.29 is 9.84 Å². The summed E-state index contributed by atoms with van der Waals surface area (Å²) in [4.78, 5) is 0. The molecule has 1 rings (SSSR count). The summed E-state index contributed by atoms with van der Waals surface area (Å²) >= 11 is 0. The third kappa shape index (κ3) is 5.21. The Morgan fingerprint density at radius 3 is 2.63 bits per heavy atom. The van der Waals surface area contributed by atoms with Crippen LogP contribution in [0.15, 0.2) is 18.2 Å². The number of aliphatic hydroxyl groups excluding tert-OH is 1. The molecule has 19 heavy (non-hydrogen) atoms. The summed E-state index contributed by atoms with van der Waals surface area (Å²) in [6.45, 7) is 8.19. The number of aliphatic hydroxyl groups is 1. The Kier molecular flexibility index (Phi) is 6.32.